The van der Waals surface area contributed by atoms with Crippen molar-refractivity contribution in [2.45, 2.75) is 78.6 Å². The maximum Gasteiger partial charge on any atom is 0.229 e. The van der Waals surface area contributed by atoms with Gasteiger partial charge in [0.2, 0.25) is 5.89 Å². The molecule has 1 heterocycles. The van der Waals surface area contributed by atoms with Gasteiger partial charge in [0.15, 0.2) is 5.82 Å². The Hall–Kier alpha value is -0.860. The molecule has 0 aliphatic heterocycles. The van der Waals surface area contributed by atoms with E-state index in [1.807, 2.05) is 0 Å². The highest BCUT2D eigenvalue weighted by atomic mass is 16.5. The number of aromatic nitrogens is 2. The monoisotopic (exact) mass is 264 g/mol. The highest BCUT2D eigenvalue weighted by Gasteiger charge is 2.33. The summed E-state index contributed by atoms with van der Waals surface area (Å²) in [5, 5.41) is 4.14. The molecule has 108 valence electrons. The average Bonchev–Trinajstić information content (AvgIpc) is 2.77. The van der Waals surface area contributed by atoms with E-state index in [4.69, 9.17) is 4.52 Å². The molecule has 0 spiro atoms. The van der Waals surface area contributed by atoms with E-state index in [2.05, 4.69) is 51.7 Å². The van der Waals surface area contributed by atoms with E-state index in [9.17, 15) is 0 Å². The summed E-state index contributed by atoms with van der Waals surface area (Å²) in [7, 11) is 0. The second-order valence-electron chi connectivity index (χ2n) is 8.12. The van der Waals surface area contributed by atoms with Gasteiger partial charge in [-0.25, -0.2) is 0 Å². The van der Waals surface area contributed by atoms with Gasteiger partial charge in [-0.05, 0) is 37.0 Å². The molecule has 1 fully saturated rings. The van der Waals surface area contributed by atoms with Crippen molar-refractivity contribution in [2.75, 3.05) is 0 Å². The van der Waals surface area contributed by atoms with Crippen LogP contribution in [-0.4, -0.2) is 10.1 Å². The third kappa shape index (κ3) is 3.37. The molecule has 1 aromatic heterocycles. The van der Waals surface area contributed by atoms with Gasteiger partial charge >= 0.3 is 0 Å². The van der Waals surface area contributed by atoms with Crippen molar-refractivity contribution in [1.29, 1.82) is 0 Å². The van der Waals surface area contributed by atoms with Gasteiger partial charge in [0.1, 0.15) is 0 Å². The molecular weight excluding hydrogens is 236 g/mol. The SMILES string of the molecule is CC(C)(C)c1noc(C2CCC(C(C)(C)C)CC2)n1. The summed E-state index contributed by atoms with van der Waals surface area (Å²) in [4.78, 5) is 4.61. The molecule has 1 aliphatic carbocycles. The van der Waals surface area contributed by atoms with Crippen molar-refractivity contribution >= 4 is 0 Å². The molecule has 1 aromatic rings. The van der Waals surface area contributed by atoms with E-state index >= 15 is 0 Å². The van der Waals surface area contributed by atoms with Crippen LogP contribution in [0, 0.1) is 11.3 Å². The van der Waals surface area contributed by atoms with Crippen molar-refractivity contribution in [1.82, 2.24) is 10.1 Å². The van der Waals surface area contributed by atoms with Crippen LogP contribution in [0.4, 0.5) is 0 Å². The highest BCUT2D eigenvalue weighted by Crippen LogP contribution is 2.42. The predicted molar refractivity (Wildman–Crippen MR) is 77.2 cm³/mol. The first-order chi connectivity index (χ1) is 8.68. The molecule has 0 N–H and O–H groups in total. The quantitative estimate of drug-likeness (QED) is 0.738. The Morgan fingerprint density at radius 1 is 0.947 bits per heavy atom. The summed E-state index contributed by atoms with van der Waals surface area (Å²) in [5.41, 5.74) is 0.404. The average molecular weight is 264 g/mol. The Kier molecular flexibility index (Phi) is 3.76. The van der Waals surface area contributed by atoms with Gasteiger partial charge in [-0.15, -0.1) is 0 Å². The van der Waals surface area contributed by atoms with Gasteiger partial charge in [-0.3, -0.25) is 0 Å². The lowest BCUT2D eigenvalue weighted by Gasteiger charge is -2.35. The molecule has 0 atom stereocenters. The van der Waals surface area contributed by atoms with Crippen LogP contribution in [0.3, 0.4) is 0 Å². The molecule has 0 aromatic carbocycles. The van der Waals surface area contributed by atoms with Crippen LogP contribution in [-0.2, 0) is 5.41 Å². The van der Waals surface area contributed by atoms with Gasteiger partial charge in [0.05, 0.1) is 0 Å². The van der Waals surface area contributed by atoms with Crippen LogP contribution >= 0.6 is 0 Å². The Bertz CT molecular complexity index is 415. The largest absolute Gasteiger partial charge is 0.339 e. The van der Waals surface area contributed by atoms with Crippen molar-refractivity contribution < 1.29 is 4.52 Å². The lowest BCUT2D eigenvalue weighted by molar-refractivity contribution is 0.159. The lowest BCUT2D eigenvalue weighted by Crippen LogP contribution is -2.25. The molecule has 0 amide bonds. The summed E-state index contributed by atoms with van der Waals surface area (Å²) in [6.07, 6.45) is 4.93. The standard InChI is InChI=1S/C16H28N2O/c1-15(2,3)12-9-7-11(8-10-12)13-17-14(18-19-13)16(4,5)6/h11-12H,7-10H2,1-6H3. The molecule has 19 heavy (non-hydrogen) atoms. The fourth-order valence-electron chi connectivity index (χ4n) is 2.91. The molecule has 0 saturated heterocycles. The first-order valence-corrected chi connectivity index (χ1v) is 7.52. The molecule has 0 radical (unpaired) electrons. The summed E-state index contributed by atoms with van der Waals surface area (Å²) in [6.45, 7) is 13.4. The summed E-state index contributed by atoms with van der Waals surface area (Å²) >= 11 is 0. The van der Waals surface area contributed by atoms with Crippen molar-refractivity contribution in [2.24, 2.45) is 11.3 Å². The highest BCUT2D eigenvalue weighted by molar-refractivity contribution is 5.03. The van der Waals surface area contributed by atoms with Crippen LogP contribution in [0.1, 0.15) is 84.9 Å². The molecule has 0 bridgehead atoms. The first kappa shape index (κ1) is 14.5. The van der Waals surface area contributed by atoms with Crippen LogP contribution in [0.5, 0.6) is 0 Å². The lowest BCUT2D eigenvalue weighted by atomic mass is 9.70. The van der Waals surface area contributed by atoms with E-state index in [-0.39, 0.29) is 5.41 Å². The Morgan fingerprint density at radius 2 is 1.53 bits per heavy atom. The van der Waals surface area contributed by atoms with Gasteiger partial charge < -0.3 is 4.52 Å². The Balaban J connectivity index is 2.00. The van der Waals surface area contributed by atoms with Crippen LogP contribution < -0.4 is 0 Å². The molecular formula is C16H28N2O. The smallest absolute Gasteiger partial charge is 0.229 e. The summed E-state index contributed by atoms with van der Waals surface area (Å²) in [6, 6.07) is 0. The van der Waals surface area contributed by atoms with Crippen molar-refractivity contribution in [3.8, 4) is 0 Å². The zero-order valence-electron chi connectivity index (χ0n) is 13.3. The van der Waals surface area contributed by atoms with Gasteiger partial charge in [0.25, 0.3) is 0 Å². The van der Waals surface area contributed by atoms with Crippen molar-refractivity contribution in [3.63, 3.8) is 0 Å². The second kappa shape index (κ2) is 4.92. The van der Waals surface area contributed by atoms with E-state index in [0.29, 0.717) is 11.3 Å². The zero-order valence-corrected chi connectivity index (χ0v) is 13.3. The maximum atomic E-state index is 5.49. The third-order valence-electron chi connectivity index (χ3n) is 4.41. The van der Waals surface area contributed by atoms with Gasteiger partial charge in [-0.1, -0.05) is 46.7 Å². The summed E-state index contributed by atoms with van der Waals surface area (Å²) in [5.74, 6) is 2.99. The maximum absolute atomic E-state index is 5.49. The predicted octanol–water partition coefficient (Wildman–Crippen LogP) is 4.69. The van der Waals surface area contributed by atoms with E-state index in [1.165, 1.54) is 25.7 Å². The number of hydrogen-bond donors (Lipinski definition) is 0. The Labute approximate surface area is 117 Å². The normalized spacial score (nSPS) is 25.6. The van der Waals surface area contributed by atoms with Crippen molar-refractivity contribution in [3.05, 3.63) is 11.7 Å². The van der Waals surface area contributed by atoms with Crippen LogP contribution in [0.15, 0.2) is 4.52 Å². The third-order valence-corrected chi connectivity index (χ3v) is 4.41. The number of nitrogens with zero attached hydrogens (tertiary/aromatic N) is 2. The van der Waals surface area contributed by atoms with E-state index in [0.717, 1.165) is 17.6 Å². The molecule has 2 rings (SSSR count). The second-order valence-corrected chi connectivity index (χ2v) is 8.12. The molecule has 3 nitrogen and oxygen atoms in total. The Morgan fingerprint density at radius 3 is 1.95 bits per heavy atom. The zero-order chi connectivity index (χ0) is 14.3. The number of rotatable bonds is 1. The number of hydrogen-bond acceptors (Lipinski definition) is 3. The van der Waals surface area contributed by atoms with E-state index < -0.39 is 0 Å². The first-order valence-electron chi connectivity index (χ1n) is 7.52. The molecule has 3 heteroatoms. The fourth-order valence-corrected chi connectivity index (χ4v) is 2.91. The fraction of sp³-hybridized carbons (Fsp3) is 0.875. The summed E-state index contributed by atoms with van der Waals surface area (Å²) < 4.78 is 5.49. The minimum absolute atomic E-state index is 0.0235. The molecule has 0 unspecified atom stereocenters. The molecule has 1 saturated carbocycles. The van der Waals surface area contributed by atoms with Crippen LogP contribution in [0.2, 0.25) is 0 Å². The van der Waals surface area contributed by atoms with E-state index in [1.54, 1.807) is 0 Å². The minimum atomic E-state index is -0.0235. The topological polar surface area (TPSA) is 38.9 Å². The van der Waals surface area contributed by atoms with Crippen LogP contribution in [0.25, 0.3) is 0 Å². The molecule has 1 aliphatic rings. The van der Waals surface area contributed by atoms with Gasteiger partial charge in [-0.2, -0.15) is 4.98 Å². The van der Waals surface area contributed by atoms with Gasteiger partial charge in [0, 0.05) is 11.3 Å². The minimum Gasteiger partial charge on any atom is -0.339 e.